The standard InChI is InChI=1S/C56H44N2/c1-4-15-38(16-5-1)39-18-12-25-48(36-39)58(49-31-32-51-43(37-49)33-40-17-10-11-26-50(40)51)53-28-14-20-42-35-45-30-29-44-34-41-19-13-27-52(54(41)56(44,45)55(42)53)57(46-21-6-2-7-22-46)47-23-8-3-9-24-47/h1-28,31-32,36-37,44-45H,29-30,33-35H2. The smallest absolute Gasteiger partial charge is 0.0505 e. The van der Waals surface area contributed by atoms with Gasteiger partial charge >= 0.3 is 0 Å². The average Bonchev–Trinajstić information content (AvgIpc) is 4.02. The van der Waals surface area contributed by atoms with Crippen LogP contribution in [0.5, 0.6) is 0 Å². The van der Waals surface area contributed by atoms with Gasteiger partial charge < -0.3 is 9.80 Å². The first-order valence-corrected chi connectivity index (χ1v) is 21.1. The highest BCUT2D eigenvalue weighted by molar-refractivity contribution is 5.89. The van der Waals surface area contributed by atoms with Crippen molar-refractivity contribution in [3.63, 3.8) is 0 Å². The number of para-hydroxylation sites is 2. The van der Waals surface area contributed by atoms with E-state index >= 15 is 0 Å². The molecule has 0 radical (unpaired) electrons. The van der Waals surface area contributed by atoms with Gasteiger partial charge in [0.15, 0.2) is 0 Å². The second-order valence-corrected chi connectivity index (χ2v) is 16.8. The lowest BCUT2D eigenvalue weighted by Crippen LogP contribution is -2.34. The van der Waals surface area contributed by atoms with Gasteiger partial charge in [-0.2, -0.15) is 0 Å². The molecule has 0 N–H and O–H groups in total. The molecule has 8 aromatic carbocycles. The Hall–Kier alpha value is -6.64. The molecule has 2 heteroatoms. The first-order valence-electron chi connectivity index (χ1n) is 21.1. The highest BCUT2D eigenvalue weighted by atomic mass is 15.2. The number of nitrogens with zero attached hydrogens (tertiary/aromatic N) is 2. The largest absolute Gasteiger partial charge is 0.310 e. The summed E-state index contributed by atoms with van der Waals surface area (Å²) in [6.45, 7) is 0. The first-order chi connectivity index (χ1) is 28.8. The summed E-state index contributed by atoms with van der Waals surface area (Å²) in [5.41, 5.74) is 21.5. The molecule has 4 aliphatic carbocycles. The van der Waals surface area contributed by atoms with Gasteiger partial charge in [0.1, 0.15) is 0 Å². The fourth-order valence-corrected chi connectivity index (χ4v) is 11.8. The molecule has 0 bridgehead atoms. The topological polar surface area (TPSA) is 6.48 Å². The van der Waals surface area contributed by atoms with Gasteiger partial charge in [-0.1, -0.05) is 133 Å². The maximum absolute atomic E-state index is 2.62. The molecule has 0 heterocycles. The summed E-state index contributed by atoms with van der Waals surface area (Å²) < 4.78 is 0. The Kier molecular flexibility index (Phi) is 7.63. The molecule has 2 nitrogen and oxygen atoms in total. The van der Waals surface area contributed by atoms with Crippen LogP contribution < -0.4 is 9.80 Å². The van der Waals surface area contributed by atoms with Crippen LogP contribution in [0.3, 0.4) is 0 Å². The van der Waals surface area contributed by atoms with E-state index in [2.05, 4.69) is 204 Å². The second kappa shape index (κ2) is 13.2. The fraction of sp³-hybridized carbons (Fsp3) is 0.143. The zero-order chi connectivity index (χ0) is 38.2. The zero-order valence-electron chi connectivity index (χ0n) is 32.6. The number of benzene rings is 8. The number of hydrogen-bond acceptors (Lipinski definition) is 2. The van der Waals surface area contributed by atoms with Gasteiger partial charge in [-0.3, -0.25) is 0 Å². The van der Waals surface area contributed by atoms with Crippen LogP contribution in [-0.2, 0) is 24.7 Å². The van der Waals surface area contributed by atoms with E-state index < -0.39 is 0 Å². The molecule has 3 unspecified atom stereocenters. The van der Waals surface area contributed by atoms with Crippen LogP contribution >= 0.6 is 0 Å². The Morgan fingerprint density at radius 1 is 0.362 bits per heavy atom. The third-order valence-electron chi connectivity index (χ3n) is 13.9. The number of hydrogen-bond donors (Lipinski definition) is 0. The lowest BCUT2D eigenvalue weighted by atomic mass is 9.68. The van der Waals surface area contributed by atoms with Crippen molar-refractivity contribution in [2.24, 2.45) is 11.8 Å². The van der Waals surface area contributed by atoms with Crippen molar-refractivity contribution < 1.29 is 0 Å². The third kappa shape index (κ3) is 4.97. The van der Waals surface area contributed by atoms with E-state index in [-0.39, 0.29) is 5.41 Å². The quantitative estimate of drug-likeness (QED) is 0.160. The maximum atomic E-state index is 2.62. The van der Waals surface area contributed by atoms with Crippen LogP contribution in [0.4, 0.5) is 34.1 Å². The van der Waals surface area contributed by atoms with Gasteiger partial charge in [0.25, 0.3) is 0 Å². The zero-order valence-corrected chi connectivity index (χ0v) is 32.6. The van der Waals surface area contributed by atoms with E-state index in [1.165, 1.54) is 91.5 Å². The van der Waals surface area contributed by atoms with Gasteiger partial charge in [-0.15, -0.1) is 0 Å². The second-order valence-electron chi connectivity index (χ2n) is 16.8. The molecular weight excluding hydrogens is 701 g/mol. The van der Waals surface area contributed by atoms with Crippen molar-refractivity contribution in [3.05, 3.63) is 228 Å². The molecule has 58 heavy (non-hydrogen) atoms. The van der Waals surface area contributed by atoms with Gasteiger partial charge in [-0.05, 0) is 160 Å². The molecule has 0 amide bonds. The highest BCUT2D eigenvalue weighted by Crippen LogP contribution is 2.69. The number of anilines is 6. The molecule has 0 aromatic heterocycles. The minimum atomic E-state index is -0.109. The monoisotopic (exact) mass is 744 g/mol. The van der Waals surface area contributed by atoms with Crippen LogP contribution in [0.2, 0.25) is 0 Å². The Morgan fingerprint density at radius 2 is 0.845 bits per heavy atom. The summed E-state index contributed by atoms with van der Waals surface area (Å²) in [6, 6.07) is 72.7. The maximum Gasteiger partial charge on any atom is 0.0505 e. The molecular formula is C56H44N2. The SMILES string of the molecule is c1ccc(-c2cccc(N(c3ccc4c(c3)Cc3ccccc3-4)c3cccc4c3C35c6c(cccc6N(c6ccccc6)c6ccccc6)CC3CCC5C4)c2)cc1. The third-order valence-corrected chi connectivity index (χ3v) is 13.9. The normalized spacial score (nSPS) is 19.1. The Morgan fingerprint density at radius 3 is 1.50 bits per heavy atom. The van der Waals surface area contributed by atoms with Gasteiger partial charge in [0.2, 0.25) is 0 Å². The average molecular weight is 745 g/mol. The van der Waals surface area contributed by atoms with E-state index in [0.717, 1.165) is 19.3 Å². The summed E-state index contributed by atoms with van der Waals surface area (Å²) in [6.07, 6.45) is 5.70. The molecule has 8 aromatic rings. The summed E-state index contributed by atoms with van der Waals surface area (Å²) in [7, 11) is 0. The highest BCUT2D eigenvalue weighted by Gasteiger charge is 2.62. The lowest BCUT2D eigenvalue weighted by molar-refractivity contribution is 0.350. The predicted octanol–water partition coefficient (Wildman–Crippen LogP) is 14.3. The van der Waals surface area contributed by atoms with E-state index in [1.807, 2.05) is 0 Å². The first kappa shape index (κ1) is 33.5. The van der Waals surface area contributed by atoms with Crippen LogP contribution in [0.15, 0.2) is 194 Å². The molecule has 1 spiro atoms. The molecule has 0 saturated heterocycles. The van der Waals surface area contributed by atoms with Gasteiger partial charge in [0, 0.05) is 28.2 Å². The minimum absolute atomic E-state index is 0.109. The van der Waals surface area contributed by atoms with Crippen molar-refractivity contribution in [3.8, 4) is 22.3 Å². The van der Waals surface area contributed by atoms with Crippen molar-refractivity contribution in [1.29, 1.82) is 0 Å². The molecule has 1 fully saturated rings. The van der Waals surface area contributed by atoms with Crippen molar-refractivity contribution in [1.82, 2.24) is 0 Å². The molecule has 0 aliphatic heterocycles. The summed E-state index contributed by atoms with van der Waals surface area (Å²) in [5.74, 6) is 1.08. The van der Waals surface area contributed by atoms with E-state index in [0.29, 0.717) is 11.8 Å². The van der Waals surface area contributed by atoms with Crippen LogP contribution in [0.25, 0.3) is 22.3 Å². The van der Waals surface area contributed by atoms with E-state index in [9.17, 15) is 0 Å². The van der Waals surface area contributed by atoms with Crippen molar-refractivity contribution in [2.75, 3.05) is 9.80 Å². The van der Waals surface area contributed by atoms with Crippen molar-refractivity contribution in [2.45, 2.75) is 37.5 Å². The van der Waals surface area contributed by atoms with Crippen molar-refractivity contribution >= 4 is 34.1 Å². The van der Waals surface area contributed by atoms with E-state index in [1.54, 1.807) is 11.1 Å². The predicted molar refractivity (Wildman–Crippen MR) is 240 cm³/mol. The summed E-state index contributed by atoms with van der Waals surface area (Å²) >= 11 is 0. The fourth-order valence-electron chi connectivity index (χ4n) is 11.8. The molecule has 12 rings (SSSR count). The van der Waals surface area contributed by atoms with E-state index in [4.69, 9.17) is 0 Å². The Balaban J connectivity index is 1.10. The lowest BCUT2D eigenvalue weighted by Gasteiger charge is -2.40. The number of rotatable bonds is 7. The van der Waals surface area contributed by atoms with Gasteiger partial charge in [-0.25, -0.2) is 0 Å². The summed E-state index contributed by atoms with van der Waals surface area (Å²) in [5, 5.41) is 0. The molecule has 4 aliphatic rings. The molecule has 1 saturated carbocycles. The Bertz CT molecular complexity index is 2800. The number of fused-ring (bicyclic) bond motifs is 5. The minimum Gasteiger partial charge on any atom is -0.310 e. The van der Waals surface area contributed by atoms with Gasteiger partial charge in [0.05, 0.1) is 11.4 Å². The van der Waals surface area contributed by atoms with Crippen LogP contribution in [0, 0.1) is 11.8 Å². The molecule has 278 valence electrons. The molecule has 3 atom stereocenters. The Labute approximate surface area is 341 Å². The van der Waals surface area contributed by atoms with Crippen LogP contribution in [0.1, 0.15) is 46.2 Å². The van der Waals surface area contributed by atoms with Crippen LogP contribution in [-0.4, -0.2) is 0 Å². The summed E-state index contributed by atoms with van der Waals surface area (Å²) in [4.78, 5) is 5.15.